The minimum atomic E-state index is 0.349. The van der Waals surface area contributed by atoms with Gasteiger partial charge in [0.15, 0.2) is 0 Å². The van der Waals surface area contributed by atoms with Crippen LogP contribution in [0.1, 0.15) is 26.7 Å². The topological polar surface area (TPSA) is 68.8 Å². The Balaban J connectivity index is 2.08. The van der Waals surface area contributed by atoms with Crippen molar-refractivity contribution in [2.45, 2.75) is 33.2 Å². The predicted molar refractivity (Wildman–Crippen MR) is 72.5 cm³/mol. The van der Waals surface area contributed by atoms with Gasteiger partial charge in [-0.15, -0.1) is 0 Å². The van der Waals surface area contributed by atoms with Crippen LogP contribution in [0.4, 0.5) is 0 Å². The number of nitrogens with zero attached hydrogens (tertiary/aromatic N) is 4. The smallest absolute Gasteiger partial charge is 0.228 e. The summed E-state index contributed by atoms with van der Waals surface area (Å²) in [5.41, 5.74) is 0.738. The standard InChI is InChI=1S/C13H21N5O/c1-5-14-11(9(2)3)8-12-15-13(17-19-12)10-6-7-18(4)16-10/h6-7,9,11,14H,5,8H2,1-4H3. The fourth-order valence-electron chi connectivity index (χ4n) is 1.97. The lowest BCUT2D eigenvalue weighted by Gasteiger charge is -2.19. The van der Waals surface area contributed by atoms with Crippen LogP contribution in [0.15, 0.2) is 16.8 Å². The zero-order chi connectivity index (χ0) is 13.8. The van der Waals surface area contributed by atoms with Crippen LogP contribution in [-0.4, -0.2) is 32.5 Å². The second-order valence-corrected chi connectivity index (χ2v) is 5.00. The van der Waals surface area contributed by atoms with Crippen LogP contribution in [0.3, 0.4) is 0 Å². The number of aromatic nitrogens is 4. The molecule has 0 fully saturated rings. The van der Waals surface area contributed by atoms with Gasteiger partial charge in [-0.25, -0.2) is 0 Å². The molecule has 0 radical (unpaired) electrons. The first-order valence-corrected chi connectivity index (χ1v) is 6.66. The molecule has 2 rings (SSSR count). The lowest BCUT2D eigenvalue weighted by atomic mass is 10.0. The van der Waals surface area contributed by atoms with Crippen LogP contribution < -0.4 is 5.32 Å². The Labute approximate surface area is 113 Å². The molecule has 2 heterocycles. The third-order valence-corrected chi connectivity index (χ3v) is 3.08. The molecular formula is C13H21N5O. The monoisotopic (exact) mass is 263 g/mol. The Kier molecular flexibility index (Phi) is 4.31. The molecule has 6 heteroatoms. The number of nitrogens with one attached hydrogen (secondary N) is 1. The predicted octanol–water partition coefficient (Wildman–Crippen LogP) is 1.65. The Morgan fingerprint density at radius 2 is 2.21 bits per heavy atom. The molecule has 104 valence electrons. The number of aryl methyl sites for hydroxylation is 1. The van der Waals surface area contributed by atoms with E-state index in [-0.39, 0.29) is 0 Å². The molecule has 0 saturated carbocycles. The molecule has 0 spiro atoms. The van der Waals surface area contributed by atoms with Crippen molar-refractivity contribution < 1.29 is 4.52 Å². The van der Waals surface area contributed by atoms with Crippen molar-refractivity contribution in [3.63, 3.8) is 0 Å². The maximum atomic E-state index is 5.30. The lowest BCUT2D eigenvalue weighted by molar-refractivity contribution is 0.329. The summed E-state index contributed by atoms with van der Waals surface area (Å²) in [6, 6.07) is 2.22. The van der Waals surface area contributed by atoms with E-state index < -0.39 is 0 Å². The summed E-state index contributed by atoms with van der Waals surface area (Å²) in [7, 11) is 1.87. The van der Waals surface area contributed by atoms with Crippen molar-refractivity contribution in [3.8, 4) is 11.5 Å². The molecule has 0 aromatic carbocycles. The van der Waals surface area contributed by atoms with E-state index in [2.05, 4.69) is 41.3 Å². The van der Waals surface area contributed by atoms with Crippen molar-refractivity contribution in [1.82, 2.24) is 25.2 Å². The van der Waals surface area contributed by atoms with Gasteiger partial charge in [0.05, 0.1) is 0 Å². The fourth-order valence-corrected chi connectivity index (χ4v) is 1.97. The van der Waals surface area contributed by atoms with E-state index in [4.69, 9.17) is 4.52 Å². The zero-order valence-corrected chi connectivity index (χ0v) is 11.9. The second-order valence-electron chi connectivity index (χ2n) is 5.00. The average Bonchev–Trinajstić information content (AvgIpc) is 2.97. The van der Waals surface area contributed by atoms with Gasteiger partial charge in [0.2, 0.25) is 11.7 Å². The van der Waals surface area contributed by atoms with Crippen LogP contribution >= 0.6 is 0 Å². The van der Waals surface area contributed by atoms with Gasteiger partial charge in [-0.2, -0.15) is 10.1 Å². The summed E-state index contributed by atoms with van der Waals surface area (Å²) in [5.74, 6) is 1.72. The van der Waals surface area contributed by atoms with E-state index >= 15 is 0 Å². The highest BCUT2D eigenvalue weighted by molar-refractivity contribution is 5.46. The molecule has 0 aliphatic rings. The third kappa shape index (κ3) is 3.41. The molecule has 2 aromatic rings. The van der Waals surface area contributed by atoms with Crippen LogP contribution in [0.5, 0.6) is 0 Å². The molecule has 0 aliphatic carbocycles. The SMILES string of the molecule is CCNC(Cc1nc(-c2ccn(C)n2)no1)C(C)C. The Morgan fingerprint density at radius 3 is 2.79 bits per heavy atom. The maximum absolute atomic E-state index is 5.30. The van der Waals surface area contributed by atoms with Crippen LogP contribution in [0, 0.1) is 5.92 Å². The summed E-state index contributed by atoms with van der Waals surface area (Å²) < 4.78 is 7.03. The Morgan fingerprint density at radius 1 is 1.42 bits per heavy atom. The summed E-state index contributed by atoms with van der Waals surface area (Å²) >= 11 is 0. The fraction of sp³-hybridized carbons (Fsp3) is 0.615. The van der Waals surface area contributed by atoms with Crippen molar-refractivity contribution in [1.29, 1.82) is 0 Å². The first-order valence-electron chi connectivity index (χ1n) is 6.66. The highest BCUT2D eigenvalue weighted by Gasteiger charge is 2.18. The molecule has 0 saturated heterocycles. The maximum Gasteiger partial charge on any atom is 0.228 e. The number of hydrogen-bond donors (Lipinski definition) is 1. The van der Waals surface area contributed by atoms with E-state index in [0.29, 0.717) is 23.7 Å². The lowest BCUT2D eigenvalue weighted by Crippen LogP contribution is -2.35. The third-order valence-electron chi connectivity index (χ3n) is 3.08. The van der Waals surface area contributed by atoms with Gasteiger partial charge in [0.25, 0.3) is 0 Å². The van der Waals surface area contributed by atoms with Crippen molar-refractivity contribution in [2.24, 2.45) is 13.0 Å². The van der Waals surface area contributed by atoms with Crippen molar-refractivity contribution in [3.05, 3.63) is 18.2 Å². The summed E-state index contributed by atoms with van der Waals surface area (Å²) in [4.78, 5) is 4.40. The van der Waals surface area contributed by atoms with E-state index in [1.54, 1.807) is 4.68 Å². The molecule has 6 nitrogen and oxygen atoms in total. The first-order chi connectivity index (χ1) is 9.10. The molecular weight excluding hydrogens is 242 g/mol. The molecule has 1 atom stereocenters. The van der Waals surface area contributed by atoms with Crippen LogP contribution in [-0.2, 0) is 13.5 Å². The van der Waals surface area contributed by atoms with E-state index in [9.17, 15) is 0 Å². The summed E-state index contributed by atoms with van der Waals surface area (Å²) in [6.45, 7) is 7.40. The van der Waals surface area contributed by atoms with Crippen LogP contribution in [0.2, 0.25) is 0 Å². The number of likely N-dealkylation sites (N-methyl/N-ethyl adjacent to an activating group) is 1. The number of hydrogen-bond acceptors (Lipinski definition) is 5. The van der Waals surface area contributed by atoms with E-state index in [0.717, 1.165) is 18.7 Å². The van der Waals surface area contributed by atoms with Gasteiger partial charge in [-0.3, -0.25) is 4.68 Å². The minimum absolute atomic E-state index is 0.349. The molecule has 0 bridgehead atoms. The molecule has 1 N–H and O–H groups in total. The van der Waals surface area contributed by atoms with Gasteiger partial charge in [-0.1, -0.05) is 25.9 Å². The minimum Gasteiger partial charge on any atom is -0.339 e. The largest absolute Gasteiger partial charge is 0.339 e. The quantitative estimate of drug-likeness (QED) is 0.858. The number of rotatable bonds is 6. The first kappa shape index (κ1) is 13.7. The van der Waals surface area contributed by atoms with Gasteiger partial charge in [0.1, 0.15) is 5.69 Å². The van der Waals surface area contributed by atoms with Gasteiger partial charge < -0.3 is 9.84 Å². The Bertz CT molecular complexity index is 517. The average molecular weight is 263 g/mol. The highest BCUT2D eigenvalue weighted by Crippen LogP contribution is 2.15. The highest BCUT2D eigenvalue weighted by atomic mass is 16.5. The molecule has 1 unspecified atom stereocenters. The molecule has 19 heavy (non-hydrogen) atoms. The van der Waals surface area contributed by atoms with E-state index in [1.165, 1.54) is 0 Å². The molecule has 2 aromatic heterocycles. The summed E-state index contributed by atoms with van der Waals surface area (Å²) in [5, 5.41) is 11.7. The molecule has 0 amide bonds. The van der Waals surface area contributed by atoms with E-state index in [1.807, 2.05) is 19.3 Å². The summed E-state index contributed by atoms with van der Waals surface area (Å²) in [6.07, 6.45) is 2.60. The molecule has 0 aliphatic heterocycles. The van der Waals surface area contributed by atoms with Gasteiger partial charge in [-0.05, 0) is 18.5 Å². The van der Waals surface area contributed by atoms with Gasteiger partial charge in [0, 0.05) is 25.7 Å². The van der Waals surface area contributed by atoms with Crippen molar-refractivity contribution >= 4 is 0 Å². The normalized spacial score (nSPS) is 13.1. The zero-order valence-electron chi connectivity index (χ0n) is 11.9. The Hall–Kier alpha value is -1.69. The van der Waals surface area contributed by atoms with Crippen molar-refractivity contribution in [2.75, 3.05) is 6.54 Å². The van der Waals surface area contributed by atoms with Crippen LogP contribution in [0.25, 0.3) is 11.5 Å². The second kappa shape index (κ2) is 5.97. The van der Waals surface area contributed by atoms with Gasteiger partial charge >= 0.3 is 0 Å².